The van der Waals surface area contributed by atoms with Crippen LogP contribution in [0, 0.1) is 12.8 Å². The molecule has 3 aliphatic rings. The number of hydrogen-bond acceptors (Lipinski definition) is 6. The molecule has 0 amide bonds. The predicted molar refractivity (Wildman–Crippen MR) is 114 cm³/mol. The summed E-state index contributed by atoms with van der Waals surface area (Å²) in [4.78, 5) is 29.4. The lowest BCUT2D eigenvalue weighted by atomic mass is 9.83. The van der Waals surface area contributed by atoms with E-state index in [9.17, 15) is 9.59 Å². The van der Waals surface area contributed by atoms with Gasteiger partial charge in [0.1, 0.15) is 0 Å². The van der Waals surface area contributed by atoms with E-state index < -0.39 is 0 Å². The highest BCUT2D eigenvalue weighted by Crippen LogP contribution is 2.36. The monoisotopic (exact) mass is 424 g/mol. The van der Waals surface area contributed by atoms with Crippen LogP contribution in [0.2, 0.25) is 0 Å². The third-order valence-corrected chi connectivity index (χ3v) is 6.74. The lowest BCUT2D eigenvalue weighted by Gasteiger charge is -2.31. The van der Waals surface area contributed by atoms with Crippen molar-refractivity contribution in [3.8, 4) is 11.5 Å². The van der Waals surface area contributed by atoms with Gasteiger partial charge < -0.3 is 14.2 Å². The molecule has 1 aliphatic carbocycles. The number of morpholine rings is 1. The summed E-state index contributed by atoms with van der Waals surface area (Å²) in [6.07, 6.45) is 2.23. The fraction of sp³-hybridized carbons (Fsp3) is 0.500. The molecule has 1 aromatic carbocycles. The molecule has 0 bridgehead atoms. The Hall–Kier alpha value is -2.64. The molecule has 1 unspecified atom stereocenters. The highest BCUT2D eigenvalue weighted by atomic mass is 16.7. The fourth-order valence-corrected chi connectivity index (χ4v) is 5.11. The third-order valence-electron chi connectivity index (χ3n) is 6.74. The molecule has 1 saturated heterocycles. The van der Waals surface area contributed by atoms with Crippen molar-refractivity contribution in [2.45, 2.75) is 33.1 Å². The van der Waals surface area contributed by atoms with Gasteiger partial charge in [-0.1, -0.05) is 6.92 Å². The first-order valence-electron chi connectivity index (χ1n) is 11.1. The van der Waals surface area contributed by atoms with Crippen LogP contribution in [-0.4, -0.2) is 60.8 Å². The number of Topliss-reactive ketones (excluding diaryl/α,β-unsaturated/α-hetero) is 1. The van der Waals surface area contributed by atoms with Crippen LogP contribution < -0.4 is 9.47 Å². The van der Waals surface area contributed by atoms with Crippen molar-refractivity contribution in [3.63, 3.8) is 0 Å². The van der Waals surface area contributed by atoms with Crippen LogP contribution in [0.25, 0.3) is 0 Å². The molecule has 1 fully saturated rings. The van der Waals surface area contributed by atoms with Gasteiger partial charge in [-0.15, -0.1) is 0 Å². The number of carbonyl (C=O) groups excluding carboxylic acids is 2. The average molecular weight is 424 g/mol. The second-order valence-electron chi connectivity index (χ2n) is 8.46. The van der Waals surface area contributed by atoms with Gasteiger partial charge in [0.05, 0.1) is 13.2 Å². The summed E-state index contributed by atoms with van der Waals surface area (Å²) in [5.41, 5.74) is 4.05. The Morgan fingerprint density at radius 2 is 1.94 bits per heavy atom. The minimum Gasteiger partial charge on any atom is -0.454 e. The molecule has 1 aromatic heterocycles. The van der Waals surface area contributed by atoms with Crippen molar-refractivity contribution >= 4 is 11.7 Å². The maximum absolute atomic E-state index is 13.5. The molecule has 0 saturated carbocycles. The van der Waals surface area contributed by atoms with Gasteiger partial charge >= 0.3 is 0 Å². The van der Waals surface area contributed by atoms with Crippen molar-refractivity contribution in [3.05, 3.63) is 46.3 Å². The second kappa shape index (κ2) is 8.13. The molecule has 0 spiro atoms. The number of rotatable bonds is 4. The zero-order valence-corrected chi connectivity index (χ0v) is 18.1. The topological polar surface area (TPSA) is 70.0 Å². The minimum absolute atomic E-state index is 0.0215. The van der Waals surface area contributed by atoms with E-state index in [1.54, 1.807) is 22.8 Å². The van der Waals surface area contributed by atoms with Crippen LogP contribution in [0.15, 0.2) is 18.2 Å². The largest absolute Gasteiger partial charge is 0.454 e. The van der Waals surface area contributed by atoms with E-state index in [0.717, 1.165) is 74.6 Å². The van der Waals surface area contributed by atoms with Gasteiger partial charge in [-0.2, -0.15) is 0 Å². The lowest BCUT2D eigenvalue weighted by Crippen LogP contribution is -2.42. The molecular formula is C24H28N2O5. The standard InChI is InChI=1S/C24H28N2O5/c1-3-18-15(2)26(24(28)16-5-7-20-21(12-16)31-14-30-20)19-6-4-17(23(27)22(18)19)13-25-8-10-29-11-9-25/h5,7,12,17H,3-4,6,8-11,13-14H2,1-2H3. The van der Waals surface area contributed by atoms with Crippen molar-refractivity contribution in [2.24, 2.45) is 5.92 Å². The molecule has 7 heteroatoms. The Bertz CT molecular complexity index is 1040. The van der Waals surface area contributed by atoms with Gasteiger partial charge in [0, 0.05) is 48.1 Å². The zero-order chi connectivity index (χ0) is 21.5. The molecule has 2 aromatic rings. The Morgan fingerprint density at radius 1 is 1.16 bits per heavy atom. The molecule has 0 radical (unpaired) electrons. The molecule has 2 aliphatic heterocycles. The molecule has 1 atom stereocenters. The maximum atomic E-state index is 13.5. The Balaban J connectivity index is 1.48. The van der Waals surface area contributed by atoms with Crippen LogP contribution in [-0.2, 0) is 17.6 Å². The van der Waals surface area contributed by atoms with E-state index in [1.165, 1.54) is 0 Å². The molecule has 5 rings (SSSR count). The molecule has 164 valence electrons. The number of ether oxygens (including phenoxy) is 3. The summed E-state index contributed by atoms with van der Waals surface area (Å²) in [5, 5.41) is 0. The zero-order valence-electron chi connectivity index (χ0n) is 18.1. The van der Waals surface area contributed by atoms with E-state index in [-0.39, 0.29) is 24.4 Å². The first kappa shape index (κ1) is 20.3. The average Bonchev–Trinajstić information content (AvgIpc) is 3.37. The van der Waals surface area contributed by atoms with E-state index in [4.69, 9.17) is 14.2 Å². The number of hydrogen-bond donors (Lipinski definition) is 0. The van der Waals surface area contributed by atoms with Crippen molar-refractivity contribution < 1.29 is 23.8 Å². The van der Waals surface area contributed by atoms with Crippen LogP contribution in [0.3, 0.4) is 0 Å². The Labute approximate surface area is 181 Å². The quantitative estimate of drug-likeness (QED) is 0.752. The van der Waals surface area contributed by atoms with E-state index in [0.29, 0.717) is 17.1 Å². The SMILES string of the molecule is CCc1c2c(n(C(=O)c3ccc4c(c3)OCO4)c1C)CCC(CN1CCOCC1)C2=O. The smallest absolute Gasteiger partial charge is 0.262 e. The Kier molecular flexibility index (Phi) is 5.32. The van der Waals surface area contributed by atoms with Crippen molar-refractivity contribution in [1.29, 1.82) is 0 Å². The fourth-order valence-electron chi connectivity index (χ4n) is 5.11. The van der Waals surface area contributed by atoms with Gasteiger partial charge in [-0.25, -0.2) is 0 Å². The molecule has 3 heterocycles. The maximum Gasteiger partial charge on any atom is 0.262 e. The number of ketones is 1. The van der Waals surface area contributed by atoms with Gasteiger partial charge in [0.25, 0.3) is 5.91 Å². The summed E-state index contributed by atoms with van der Waals surface area (Å²) in [5.74, 6) is 1.28. The molecule has 31 heavy (non-hydrogen) atoms. The summed E-state index contributed by atoms with van der Waals surface area (Å²) in [6.45, 7) is 8.15. The number of carbonyl (C=O) groups is 2. The number of benzene rings is 1. The highest BCUT2D eigenvalue weighted by molar-refractivity contribution is 6.05. The summed E-state index contributed by atoms with van der Waals surface area (Å²) >= 11 is 0. The summed E-state index contributed by atoms with van der Waals surface area (Å²) in [7, 11) is 0. The van der Waals surface area contributed by atoms with Gasteiger partial charge in [0.15, 0.2) is 17.3 Å². The van der Waals surface area contributed by atoms with Crippen molar-refractivity contribution in [2.75, 3.05) is 39.6 Å². The highest BCUT2D eigenvalue weighted by Gasteiger charge is 2.36. The normalized spacial score (nSPS) is 20.7. The van der Waals surface area contributed by atoms with Crippen LogP contribution >= 0.6 is 0 Å². The predicted octanol–water partition coefficient (Wildman–Crippen LogP) is 2.85. The van der Waals surface area contributed by atoms with E-state index >= 15 is 0 Å². The lowest BCUT2D eigenvalue weighted by molar-refractivity contribution is 0.0291. The number of aromatic nitrogens is 1. The molecule has 0 N–H and O–H groups in total. The van der Waals surface area contributed by atoms with E-state index in [2.05, 4.69) is 11.8 Å². The summed E-state index contributed by atoms with van der Waals surface area (Å²) < 4.78 is 18.0. The first-order chi connectivity index (χ1) is 15.1. The Morgan fingerprint density at radius 3 is 2.71 bits per heavy atom. The first-order valence-corrected chi connectivity index (χ1v) is 11.1. The summed E-state index contributed by atoms with van der Waals surface area (Å²) in [6, 6.07) is 5.26. The third kappa shape index (κ3) is 3.46. The number of nitrogens with zero attached hydrogens (tertiary/aromatic N) is 2. The van der Waals surface area contributed by atoms with E-state index in [1.807, 2.05) is 6.92 Å². The molecule has 7 nitrogen and oxygen atoms in total. The second-order valence-corrected chi connectivity index (χ2v) is 8.46. The van der Waals surface area contributed by atoms with Crippen LogP contribution in [0.5, 0.6) is 11.5 Å². The van der Waals surface area contributed by atoms with Crippen molar-refractivity contribution in [1.82, 2.24) is 9.47 Å². The van der Waals surface area contributed by atoms with Gasteiger partial charge in [0.2, 0.25) is 6.79 Å². The minimum atomic E-state index is -0.119. The van der Waals surface area contributed by atoms with Crippen LogP contribution in [0.4, 0.5) is 0 Å². The van der Waals surface area contributed by atoms with Gasteiger partial charge in [-0.3, -0.25) is 19.1 Å². The van der Waals surface area contributed by atoms with Gasteiger partial charge in [-0.05, 0) is 49.9 Å². The molecular weight excluding hydrogens is 396 g/mol. The van der Waals surface area contributed by atoms with Crippen LogP contribution in [0.1, 0.15) is 51.0 Å². The number of fused-ring (bicyclic) bond motifs is 2.